The standard InChI is InChI=1S/C34H34N10O2/c1-46-28-11-22(34(45)43-16-21-6-7-26(43)30(21)36)9-25-31(28)44(24-17-41(18-24)23-13-38-29(12-35)39-14-23)33(40-25)27-10-20-3-2-8-37-32(20)42(27)15-19-4-5-19/h2-3,8-11,13-14,19,21,24,26,30H,4-7,15-18,36H2,1H3/t21-,26-,30-/m1/s1. The molecule has 5 aromatic rings. The molecule has 0 unspecified atom stereocenters. The first kappa shape index (κ1) is 27.3. The van der Waals surface area contributed by atoms with E-state index in [1.165, 1.54) is 12.8 Å². The third-order valence-electron chi connectivity index (χ3n) is 10.5. The van der Waals surface area contributed by atoms with Gasteiger partial charge in [-0.05, 0) is 67.9 Å². The molecule has 1 amide bonds. The molecule has 3 atom stereocenters. The van der Waals surface area contributed by atoms with E-state index in [4.69, 9.17) is 25.7 Å². The molecule has 2 saturated heterocycles. The van der Waals surface area contributed by atoms with Crippen molar-refractivity contribution in [3.05, 3.63) is 60.3 Å². The molecule has 4 aliphatic rings. The number of nitrogens with two attached hydrogens (primary N) is 1. The minimum Gasteiger partial charge on any atom is -0.494 e. The van der Waals surface area contributed by atoms with Crippen molar-refractivity contribution in [3.63, 3.8) is 0 Å². The first-order valence-corrected chi connectivity index (χ1v) is 16.1. The second kappa shape index (κ2) is 10.3. The molecule has 2 N–H and O–H groups in total. The van der Waals surface area contributed by atoms with E-state index in [9.17, 15) is 4.79 Å². The molecule has 2 aliphatic heterocycles. The monoisotopic (exact) mass is 614 g/mol. The van der Waals surface area contributed by atoms with E-state index in [0.29, 0.717) is 42.8 Å². The van der Waals surface area contributed by atoms with Crippen molar-refractivity contribution in [2.24, 2.45) is 17.6 Å². The van der Waals surface area contributed by atoms with Gasteiger partial charge in [-0.1, -0.05) is 0 Å². The molecule has 232 valence electrons. The third kappa shape index (κ3) is 4.18. The molecular weight excluding hydrogens is 580 g/mol. The molecule has 12 nitrogen and oxygen atoms in total. The molecule has 12 heteroatoms. The first-order valence-electron chi connectivity index (χ1n) is 16.1. The smallest absolute Gasteiger partial charge is 0.254 e. The summed E-state index contributed by atoms with van der Waals surface area (Å²) >= 11 is 0. The lowest BCUT2D eigenvalue weighted by Crippen LogP contribution is -2.48. The summed E-state index contributed by atoms with van der Waals surface area (Å²) in [6, 6.07) is 12.2. The van der Waals surface area contributed by atoms with Crippen LogP contribution in [-0.4, -0.2) is 78.7 Å². The Hall–Kier alpha value is -5.02. The van der Waals surface area contributed by atoms with Crippen LogP contribution >= 0.6 is 0 Å². The van der Waals surface area contributed by atoms with Crippen molar-refractivity contribution < 1.29 is 9.53 Å². The van der Waals surface area contributed by atoms with E-state index in [2.05, 4.69) is 36.1 Å². The Bertz CT molecular complexity index is 2050. The van der Waals surface area contributed by atoms with E-state index >= 15 is 0 Å². The molecule has 46 heavy (non-hydrogen) atoms. The highest BCUT2D eigenvalue weighted by Crippen LogP contribution is 2.42. The number of benzene rings is 1. The lowest BCUT2D eigenvalue weighted by molar-refractivity contribution is 0.0700. The quantitative estimate of drug-likeness (QED) is 0.290. The van der Waals surface area contributed by atoms with Gasteiger partial charge < -0.3 is 29.4 Å². The summed E-state index contributed by atoms with van der Waals surface area (Å²) in [5.41, 5.74) is 11.5. The number of carbonyl (C=O) groups is 1. The lowest BCUT2D eigenvalue weighted by Gasteiger charge is -2.42. The molecule has 0 radical (unpaired) electrons. The molecule has 6 heterocycles. The van der Waals surface area contributed by atoms with Gasteiger partial charge in [-0.3, -0.25) is 4.79 Å². The minimum absolute atomic E-state index is 0.0124. The van der Waals surface area contributed by atoms with Crippen LogP contribution in [0.3, 0.4) is 0 Å². The Morgan fingerprint density at radius 2 is 1.91 bits per heavy atom. The van der Waals surface area contributed by atoms with Crippen molar-refractivity contribution in [3.8, 4) is 23.3 Å². The predicted octanol–water partition coefficient (Wildman–Crippen LogP) is 3.76. The van der Waals surface area contributed by atoms with Crippen molar-refractivity contribution in [1.82, 2.24) is 34.0 Å². The van der Waals surface area contributed by atoms with E-state index in [1.54, 1.807) is 19.5 Å². The van der Waals surface area contributed by atoms with Crippen molar-refractivity contribution in [1.29, 1.82) is 5.26 Å². The van der Waals surface area contributed by atoms with Gasteiger partial charge in [0.15, 0.2) is 5.82 Å². The van der Waals surface area contributed by atoms with Crippen LogP contribution in [0.2, 0.25) is 0 Å². The van der Waals surface area contributed by atoms with E-state index in [-0.39, 0.29) is 29.9 Å². The van der Waals surface area contributed by atoms with Crippen LogP contribution in [0.5, 0.6) is 5.75 Å². The number of methoxy groups -OCH3 is 1. The zero-order valence-corrected chi connectivity index (χ0v) is 25.6. The Balaban J connectivity index is 1.17. The number of nitrogens with zero attached hydrogens (tertiary/aromatic N) is 9. The highest BCUT2D eigenvalue weighted by Gasteiger charge is 2.47. The Morgan fingerprint density at radius 3 is 2.61 bits per heavy atom. The van der Waals surface area contributed by atoms with Gasteiger partial charge in [0.25, 0.3) is 5.91 Å². The normalized spacial score (nSPS) is 22.5. The molecule has 4 aromatic heterocycles. The maximum absolute atomic E-state index is 13.9. The highest BCUT2D eigenvalue weighted by molar-refractivity contribution is 6.00. The predicted molar refractivity (Wildman–Crippen MR) is 171 cm³/mol. The van der Waals surface area contributed by atoms with Gasteiger partial charge in [0, 0.05) is 55.4 Å². The van der Waals surface area contributed by atoms with Gasteiger partial charge in [-0.2, -0.15) is 5.26 Å². The van der Waals surface area contributed by atoms with Crippen molar-refractivity contribution in [2.45, 2.75) is 50.4 Å². The molecule has 9 rings (SSSR count). The number of carbonyl (C=O) groups excluding carboxylic acids is 1. The fourth-order valence-corrected chi connectivity index (χ4v) is 7.84. The van der Waals surface area contributed by atoms with Gasteiger partial charge in [0.2, 0.25) is 5.82 Å². The molecule has 1 aromatic carbocycles. The topological polar surface area (TPSA) is 144 Å². The number of nitriles is 1. The number of fused-ring (bicyclic) bond motifs is 4. The summed E-state index contributed by atoms with van der Waals surface area (Å²) in [4.78, 5) is 36.5. The van der Waals surface area contributed by atoms with Crippen LogP contribution < -0.4 is 15.4 Å². The van der Waals surface area contributed by atoms with Crippen LogP contribution in [0.4, 0.5) is 5.69 Å². The first-order chi connectivity index (χ1) is 22.5. The maximum Gasteiger partial charge on any atom is 0.254 e. The zero-order chi connectivity index (χ0) is 31.1. The van der Waals surface area contributed by atoms with Gasteiger partial charge in [0.05, 0.1) is 42.4 Å². The van der Waals surface area contributed by atoms with Gasteiger partial charge in [-0.15, -0.1) is 0 Å². The molecule has 0 spiro atoms. The Labute approximate surface area is 265 Å². The minimum atomic E-state index is -0.0124. The number of imidazole rings is 1. The average Bonchev–Trinajstić information content (AvgIpc) is 3.41. The number of hydrogen-bond donors (Lipinski definition) is 1. The van der Waals surface area contributed by atoms with E-state index in [1.807, 2.05) is 35.4 Å². The number of piperidine rings is 1. The number of ether oxygens (including phenoxy) is 1. The summed E-state index contributed by atoms with van der Waals surface area (Å²) in [5, 5.41) is 10.2. The van der Waals surface area contributed by atoms with Crippen LogP contribution in [0.25, 0.3) is 33.6 Å². The average molecular weight is 615 g/mol. The van der Waals surface area contributed by atoms with Crippen molar-refractivity contribution in [2.75, 3.05) is 31.6 Å². The van der Waals surface area contributed by atoms with E-state index < -0.39 is 0 Å². The van der Waals surface area contributed by atoms with Crippen LogP contribution in [-0.2, 0) is 6.54 Å². The van der Waals surface area contributed by atoms with Crippen LogP contribution in [0.15, 0.2) is 48.9 Å². The number of pyridine rings is 1. The lowest BCUT2D eigenvalue weighted by atomic mass is 10.1. The Morgan fingerprint density at radius 1 is 1.09 bits per heavy atom. The summed E-state index contributed by atoms with van der Waals surface area (Å²) < 4.78 is 10.6. The molecule has 2 bridgehead atoms. The van der Waals surface area contributed by atoms with Crippen molar-refractivity contribution >= 4 is 33.7 Å². The van der Waals surface area contributed by atoms with Gasteiger partial charge in [-0.25, -0.2) is 19.9 Å². The number of hydrogen-bond acceptors (Lipinski definition) is 9. The summed E-state index contributed by atoms with van der Waals surface area (Å²) in [5.74, 6) is 2.60. The van der Waals surface area contributed by atoms with Gasteiger partial charge in [0.1, 0.15) is 23.0 Å². The fraction of sp³-hybridized carbons (Fsp3) is 0.412. The largest absolute Gasteiger partial charge is 0.494 e. The number of likely N-dealkylation sites (tertiary alicyclic amines) is 1. The molecular formula is C34H34N10O2. The SMILES string of the molecule is COc1cc(C(=O)N2C[C@H]3CC[C@@H]2[C@@H]3N)cc2nc(-c3cc4cccnc4n3CC3CC3)n(C3CN(c4cnc(C#N)nc4)C3)c12. The second-order valence-electron chi connectivity index (χ2n) is 13.2. The maximum atomic E-state index is 13.9. The number of rotatable bonds is 7. The number of amides is 1. The van der Waals surface area contributed by atoms with Crippen LogP contribution in [0.1, 0.15) is 47.9 Å². The van der Waals surface area contributed by atoms with Crippen LogP contribution in [0, 0.1) is 23.2 Å². The summed E-state index contributed by atoms with van der Waals surface area (Å²) in [6.07, 6.45) is 9.72. The molecule has 2 saturated carbocycles. The second-order valence-corrected chi connectivity index (χ2v) is 13.2. The van der Waals surface area contributed by atoms with Gasteiger partial charge >= 0.3 is 0 Å². The fourth-order valence-electron chi connectivity index (χ4n) is 7.84. The third-order valence-corrected chi connectivity index (χ3v) is 10.5. The summed E-state index contributed by atoms with van der Waals surface area (Å²) in [7, 11) is 1.66. The highest BCUT2D eigenvalue weighted by atomic mass is 16.5. The number of aromatic nitrogens is 6. The van der Waals surface area contributed by atoms with E-state index in [0.717, 1.165) is 58.7 Å². The zero-order valence-electron chi connectivity index (χ0n) is 25.6. The summed E-state index contributed by atoms with van der Waals surface area (Å²) in [6.45, 7) is 2.99. The number of anilines is 1. The Kier molecular flexibility index (Phi) is 6.08. The molecule has 4 fully saturated rings. The molecule has 2 aliphatic carbocycles.